The molecule has 2 aromatic heterocycles. The molecule has 0 aliphatic rings. The molecule has 3 aromatic rings. The SMILES string of the molecule is CCCOc1cccn2c(N(C)C(=O)Nc3ccccc3OC)c(CC)nc12. The molecule has 0 unspecified atom stereocenters. The number of amides is 2. The zero-order valence-electron chi connectivity index (χ0n) is 16.7. The Hall–Kier alpha value is -3.22. The Morgan fingerprint density at radius 3 is 2.64 bits per heavy atom. The molecule has 3 rings (SSSR count). The van der Waals surface area contributed by atoms with Crippen molar-refractivity contribution in [3.8, 4) is 11.5 Å². The van der Waals surface area contributed by atoms with Gasteiger partial charge in [-0.25, -0.2) is 9.78 Å². The summed E-state index contributed by atoms with van der Waals surface area (Å²) in [6.45, 7) is 4.70. The number of anilines is 2. The van der Waals surface area contributed by atoms with Gasteiger partial charge in [0.2, 0.25) is 0 Å². The summed E-state index contributed by atoms with van der Waals surface area (Å²) in [5, 5.41) is 2.90. The smallest absolute Gasteiger partial charge is 0.327 e. The molecule has 0 radical (unpaired) electrons. The number of aromatic nitrogens is 2. The van der Waals surface area contributed by atoms with Gasteiger partial charge in [-0.15, -0.1) is 0 Å². The molecule has 0 atom stereocenters. The van der Waals surface area contributed by atoms with Crippen molar-refractivity contribution in [2.75, 3.05) is 31.0 Å². The number of pyridine rings is 1. The van der Waals surface area contributed by atoms with E-state index in [1.165, 1.54) is 0 Å². The summed E-state index contributed by atoms with van der Waals surface area (Å²) < 4.78 is 13.0. The summed E-state index contributed by atoms with van der Waals surface area (Å²) in [7, 11) is 3.30. The first-order valence-electron chi connectivity index (χ1n) is 9.41. The van der Waals surface area contributed by atoms with Gasteiger partial charge in [0.1, 0.15) is 11.6 Å². The van der Waals surface area contributed by atoms with Gasteiger partial charge in [0.25, 0.3) is 0 Å². The van der Waals surface area contributed by atoms with Crippen molar-refractivity contribution in [3.05, 3.63) is 48.3 Å². The minimum Gasteiger partial charge on any atom is -0.495 e. The van der Waals surface area contributed by atoms with Crippen LogP contribution in [0.3, 0.4) is 0 Å². The Morgan fingerprint density at radius 2 is 1.93 bits per heavy atom. The van der Waals surface area contributed by atoms with E-state index in [2.05, 4.69) is 12.2 Å². The van der Waals surface area contributed by atoms with Crippen molar-refractivity contribution < 1.29 is 14.3 Å². The van der Waals surface area contributed by atoms with Gasteiger partial charge < -0.3 is 14.8 Å². The number of benzene rings is 1. The second kappa shape index (κ2) is 8.65. The number of aryl methyl sites for hydroxylation is 1. The van der Waals surface area contributed by atoms with Gasteiger partial charge in [-0.1, -0.05) is 26.0 Å². The zero-order valence-corrected chi connectivity index (χ0v) is 16.7. The summed E-state index contributed by atoms with van der Waals surface area (Å²) in [5.74, 6) is 2.03. The van der Waals surface area contributed by atoms with Crippen molar-refractivity contribution in [2.24, 2.45) is 0 Å². The molecule has 148 valence electrons. The maximum Gasteiger partial charge on any atom is 0.327 e. The van der Waals surface area contributed by atoms with E-state index in [0.29, 0.717) is 41.7 Å². The number of hydrogen-bond acceptors (Lipinski definition) is 4. The third-order valence-electron chi connectivity index (χ3n) is 4.43. The number of nitrogens with one attached hydrogen (secondary N) is 1. The van der Waals surface area contributed by atoms with E-state index in [9.17, 15) is 4.79 Å². The lowest BCUT2D eigenvalue weighted by molar-refractivity contribution is 0.257. The van der Waals surface area contributed by atoms with Crippen LogP contribution >= 0.6 is 0 Å². The molecule has 1 N–H and O–H groups in total. The molecule has 0 aliphatic heterocycles. The Morgan fingerprint density at radius 1 is 1.18 bits per heavy atom. The number of urea groups is 1. The first-order valence-corrected chi connectivity index (χ1v) is 9.41. The second-order valence-electron chi connectivity index (χ2n) is 6.34. The molecule has 0 spiro atoms. The lowest BCUT2D eigenvalue weighted by Gasteiger charge is -2.20. The summed E-state index contributed by atoms with van der Waals surface area (Å²) in [6, 6.07) is 10.8. The first-order chi connectivity index (χ1) is 13.6. The van der Waals surface area contributed by atoms with Crippen LogP contribution in [0.2, 0.25) is 0 Å². The fraction of sp³-hybridized carbons (Fsp3) is 0.333. The monoisotopic (exact) mass is 382 g/mol. The average Bonchev–Trinajstić information content (AvgIpc) is 3.11. The summed E-state index contributed by atoms with van der Waals surface area (Å²) >= 11 is 0. The number of fused-ring (bicyclic) bond motifs is 1. The molecule has 2 amide bonds. The van der Waals surface area contributed by atoms with Crippen LogP contribution in [0, 0.1) is 0 Å². The zero-order chi connectivity index (χ0) is 20.1. The third-order valence-corrected chi connectivity index (χ3v) is 4.43. The summed E-state index contributed by atoms with van der Waals surface area (Å²) in [5.41, 5.74) is 2.14. The normalized spacial score (nSPS) is 10.7. The summed E-state index contributed by atoms with van der Waals surface area (Å²) in [4.78, 5) is 19.2. The Balaban J connectivity index is 1.96. The molecular formula is C21H26N4O3. The predicted octanol–water partition coefficient (Wildman–Crippen LogP) is 4.36. The number of carbonyl (C=O) groups is 1. The van der Waals surface area contributed by atoms with Gasteiger partial charge in [0.15, 0.2) is 11.4 Å². The van der Waals surface area contributed by atoms with Gasteiger partial charge in [-0.05, 0) is 37.1 Å². The number of rotatable bonds is 7. The molecule has 7 nitrogen and oxygen atoms in total. The molecule has 0 saturated heterocycles. The van der Waals surface area contributed by atoms with Crippen molar-refractivity contribution in [1.29, 1.82) is 0 Å². The third kappa shape index (κ3) is 3.74. The number of hydrogen-bond donors (Lipinski definition) is 1. The van der Waals surface area contributed by atoms with Crippen molar-refractivity contribution >= 4 is 23.2 Å². The fourth-order valence-corrected chi connectivity index (χ4v) is 3.04. The minimum absolute atomic E-state index is 0.277. The maximum atomic E-state index is 12.9. The highest BCUT2D eigenvalue weighted by atomic mass is 16.5. The molecule has 0 aliphatic carbocycles. The predicted molar refractivity (Wildman–Crippen MR) is 111 cm³/mol. The number of nitrogens with zero attached hydrogens (tertiary/aromatic N) is 3. The van der Waals surface area contributed by atoms with E-state index in [4.69, 9.17) is 14.5 Å². The second-order valence-corrected chi connectivity index (χ2v) is 6.34. The van der Waals surface area contributed by atoms with Crippen LogP contribution in [0.5, 0.6) is 11.5 Å². The van der Waals surface area contributed by atoms with Crippen LogP contribution in [-0.2, 0) is 6.42 Å². The van der Waals surface area contributed by atoms with Gasteiger partial charge >= 0.3 is 6.03 Å². The molecule has 28 heavy (non-hydrogen) atoms. The van der Waals surface area contributed by atoms with E-state index >= 15 is 0 Å². The van der Waals surface area contributed by atoms with E-state index in [0.717, 1.165) is 12.1 Å². The lowest BCUT2D eigenvalue weighted by Crippen LogP contribution is -2.32. The molecular weight excluding hydrogens is 356 g/mol. The highest BCUT2D eigenvalue weighted by Crippen LogP contribution is 2.29. The molecule has 7 heteroatoms. The van der Waals surface area contributed by atoms with Gasteiger partial charge in [0, 0.05) is 13.2 Å². The number of methoxy groups -OCH3 is 1. The van der Waals surface area contributed by atoms with Crippen LogP contribution in [0.25, 0.3) is 5.65 Å². The largest absolute Gasteiger partial charge is 0.495 e. The van der Waals surface area contributed by atoms with Gasteiger partial charge in [-0.2, -0.15) is 0 Å². The fourth-order valence-electron chi connectivity index (χ4n) is 3.04. The average molecular weight is 382 g/mol. The molecule has 2 heterocycles. The Labute approximate surface area is 164 Å². The van der Waals surface area contributed by atoms with Crippen LogP contribution in [-0.4, -0.2) is 36.2 Å². The highest BCUT2D eigenvalue weighted by Gasteiger charge is 2.22. The molecule has 0 bridgehead atoms. The number of para-hydroxylation sites is 2. The topological polar surface area (TPSA) is 68.1 Å². The number of carbonyl (C=O) groups excluding carboxylic acids is 1. The van der Waals surface area contributed by atoms with Crippen molar-refractivity contribution in [2.45, 2.75) is 26.7 Å². The molecule has 1 aromatic carbocycles. The number of imidazole rings is 1. The van der Waals surface area contributed by atoms with Crippen LogP contribution in [0.1, 0.15) is 26.0 Å². The maximum absolute atomic E-state index is 12.9. The van der Waals surface area contributed by atoms with Gasteiger partial charge in [0.05, 0.1) is 25.1 Å². The first kappa shape index (κ1) is 19.5. The van der Waals surface area contributed by atoms with Gasteiger partial charge in [-0.3, -0.25) is 9.30 Å². The minimum atomic E-state index is -0.277. The standard InChI is InChI=1S/C21H26N4O3/c1-5-14-28-18-12-9-13-25-19(18)22-15(6-2)20(25)24(3)21(26)23-16-10-7-8-11-17(16)27-4/h7-13H,5-6,14H2,1-4H3,(H,23,26). The Kier molecular flexibility index (Phi) is 6.03. The summed E-state index contributed by atoms with van der Waals surface area (Å²) in [6.07, 6.45) is 3.50. The van der Waals surface area contributed by atoms with Crippen LogP contribution in [0.4, 0.5) is 16.3 Å². The van der Waals surface area contributed by atoms with Crippen LogP contribution in [0.15, 0.2) is 42.6 Å². The van der Waals surface area contributed by atoms with Crippen molar-refractivity contribution in [1.82, 2.24) is 9.38 Å². The quantitative estimate of drug-likeness (QED) is 0.659. The Bertz CT molecular complexity index is 967. The van der Waals surface area contributed by atoms with Crippen molar-refractivity contribution in [3.63, 3.8) is 0 Å². The van der Waals surface area contributed by atoms with Crippen LogP contribution < -0.4 is 19.7 Å². The van der Waals surface area contributed by atoms with E-state index in [-0.39, 0.29) is 6.03 Å². The molecule has 0 fully saturated rings. The highest BCUT2D eigenvalue weighted by molar-refractivity contribution is 6.02. The molecule has 0 saturated carbocycles. The van der Waals surface area contributed by atoms with E-state index in [1.807, 2.05) is 41.8 Å². The number of ether oxygens (including phenoxy) is 2. The van der Waals surface area contributed by atoms with E-state index < -0.39 is 0 Å². The van der Waals surface area contributed by atoms with E-state index in [1.54, 1.807) is 31.2 Å². The lowest BCUT2D eigenvalue weighted by atomic mass is 10.3.